The zero-order valence-electron chi connectivity index (χ0n) is 15.0. The average Bonchev–Trinajstić information content (AvgIpc) is 2.71. The monoisotopic (exact) mass is 480 g/mol. The molecule has 0 fully saturated rings. The Morgan fingerprint density at radius 3 is 2.17 bits per heavy atom. The number of hydrogen-bond acceptors (Lipinski definition) is 4. The van der Waals surface area contributed by atoms with E-state index in [-0.39, 0.29) is 26.4 Å². The minimum Gasteiger partial charge on any atom is -0.420 e. The van der Waals surface area contributed by atoms with Gasteiger partial charge in [-0.05, 0) is 48.0 Å². The topological polar surface area (TPSA) is 67.8 Å². The average molecular weight is 482 g/mol. The molecule has 0 spiro atoms. The van der Waals surface area contributed by atoms with Crippen LogP contribution in [0.4, 0.5) is 0 Å². The summed E-state index contributed by atoms with van der Waals surface area (Å²) >= 11 is 24.2. The fourth-order valence-electron chi connectivity index (χ4n) is 2.38. The first-order chi connectivity index (χ1) is 14.3. The predicted octanol–water partition coefficient (Wildman–Crippen LogP) is 6.28. The van der Waals surface area contributed by atoms with E-state index in [0.29, 0.717) is 16.1 Å². The number of rotatable bonds is 5. The van der Waals surface area contributed by atoms with E-state index in [0.717, 1.165) is 0 Å². The highest BCUT2D eigenvalue weighted by Gasteiger charge is 2.15. The molecule has 0 heterocycles. The lowest BCUT2D eigenvalue weighted by molar-refractivity contribution is 0.0734. The van der Waals surface area contributed by atoms with E-state index < -0.39 is 11.9 Å². The van der Waals surface area contributed by atoms with Gasteiger partial charge in [-0.2, -0.15) is 5.10 Å². The maximum absolute atomic E-state index is 12.2. The van der Waals surface area contributed by atoms with Gasteiger partial charge in [-0.3, -0.25) is 4.79 Å². The molecule has 30 heavy (non-hydrogen) atoms. The summed E-state index contributed by atoms with van der Waals surface area (Å²) < 4.78 is 5.30. The summed E-state index contributed by atoms with van der Waals surface area (Å²) in [6.45, 7) is 0. The maximum atomic E-state index is 12.2. The lowest BCUT2D eigenvalue weighted by Gasteiger charge is -2.09. The molecule has 1 amide bonds. The summed E-state index contributed by atoms with van der Waals surface area (Å²) in [5.74, 6) is -1.08. The summed E-state index contributed by atoms with van der Waals surface area (Å²) in [4.78, 5) is 24.4. The predicted molar refractivity (Wildman–Crippen MR) is 119 cm³/mol. The molecule has 3 aromatic rings. The van der Waals surface area contributed by atoms with Crippen molar-refractivity contribution in [3.05, 3.63) is 97.4 Å². The molecule has 3 rings (SSSR count). The Labute approximate surface area is 192 Å². The quantitative estimate of drug-likeness (QED) is 0.201. The summed E-state index contributed by atoms with van der Waals surface area (Å²) in [5.41, 5.74) is 3.41. The molecule has 0 radical (unpaired) electrons. The third-order valence-corrected chi connectivity index (χ3v) is 4.89. The first kappa shape index (κ1) is 22.1. The van der Waals surface area contributed by atoms with Crippen molar-refractivity contribution in [1.82, 2.24) is 5.43 Å². The first-order valence-corrected chi connectivity index (χ1v) is 9.91. The number of benzene rings is 3. The summed E-state index contributed by atoms with van der Waals surface area (Å²) in [6.07, 6.45) is 1.34. The maximum Gasteiger partial charge on any atom is 0.343 e. The van der Waals surface area contributed by atoms with E-state index in [2.05, 4.69) is 10.5 Å². The molecule has 0 saturated carbocycles. The van der Waals surface area contributed by atoms with E-state index in [1.807, 2.05) is 0 Å². The molecule has 0 bridgehead atoms. The van der Waals surface area contributed by atoms with Crippen LogP contribution < -0.4 is 10.2 Å². The lowest BCUT2D eigenvalue weighted by atomic mass is 10.2. The second kappa shape index (κ2) is 9.96. The van der Waals surface area contributed by atoms with Gasteiger partial charge in [0.25, 0.3) is 5.91 Å². The summed E-state index contributed by atoms with van der Waals surface area (Å²) in [5, 5.41) is 4.70. The number of esters is 1. The van der Waals surface area contributed by atoms with Crippen LogP contribution in [0, 0.1) is 0 Å². The number of carbonyl (C=O) groups is 2. The fraction of sp³-hybridized carbons (Fsp3) is 0. The molecule has 0 aromatic heterocycles. The summed E-state index contributed by atoms with van der Waals surface area (Å²) in [7, 11) is 0. The van der Waals surface area contributed by atoms with Gasteiger partial charge in [-0.25, -0.2) is 10.2 Å². The molecule has 0 aliphatic heterocycles. The van der Waals surface area contributed by atoms with E-state index in [1.54, 1.807) is 36.4 Å². The van der Waals surface area contributed by atoms with Crippen LogP contribution in [0.2, 0.25) is 20.1 Å². The van der Waals surface area contributed by atoms with Crippen LogP contribution in [0.5, 0.6) is 5.75 Å². The van der Waals surface area contributed by atoms with Crippen LogP contribution in [0.1, 0.15) is 26.3 Å². The second-order valence-corrected chi connectivity index (χ2v) is 7.55. The number of amides is 1. The third-order valence-electron chi connectivity index (χ3n) is 3.78. The Morgan fingerprint density at radius 2 is 1.53 bits per heavy atom. The molecule has 3 aromatic carbocycles. The van der Waals surface area contributed by atoms with Gasteiger partial charge in [0.05, 0.1) is 32.4 Å². The van der Waals surface area contributed by atoms with E-state index in [4.69, 9.17) is 51.1 Å². The number of nitrogens with one attached hydrogen (secondary N) is 1. The Hall–Kier alpha value is -2.57. The van der Waals surface area contributed by atoms with Crippen molar-refractivity contribution in [2.75, 3.05) is 0 Å². The molecule has 9 heteroatoms. The third kappa shape index (κ3) is 5.52. The number of hydrogen-bond donors (Lipinski definition) is 1. The van der Waals surface area contributed by atoms with Gasteiger partial charge in [-0.1, -0.05) is 64.6 Å². The van der Waals surface area contributed by atoms with E-state index in [9.17, 15) is 9.59 Å². The van der Waals surface area contributed by atoms with Crippen LogP contribution in [-0.4, -0.2) is 18.1 Å². The van der Waals surface area contributed by atoms with Crippen molar-refractivity contribution in [3.63, 3.8) is 0 Å². The van der Waals surface area contributed by atoms with Gasteiger partial charge in [0.2, 0.25) is 0 Å². The van der Waals surface area contributed by atoms with Crippen LogP contribution in [-0.2, 0) is 0 Å². The highest BCUT2D eigenvalue weighted by atomic mass is 35.5. The normalized spacial score (nSPS) is 10.8. The lowest BCUT2D eigenvalue weighted by Crippen LogP contribution is -2.18. The van der Waals surface area contributed by atoms with Crippen molar-refractivity contribution in [3.8, 4) is 5.75 Å². The smallest absolute Gasteiger partial charge is 0.343 e. The van der Waals surface area contributed by atoms with Crippen LogP contribution >= 0.6 is 46.4 Å². The largest absolute Gasteiger partial charge is 0.420 e. The Morgan fingerprint density at radius 1 is 0.867 bits per heavy atom. The second-order valence-electron chi connectivity index (χ2n) is 5.89. The van der Waals surface area contributed by atoms with Crippen molar-refractivity contribution in [2.24, 2.45) is 5.10 Å². The minimum atomic E-state index is -0.590. The molecule has 0 aliphatic rings. The van der Waals surface area contributed by atoms with Gasteiger partial charge >= 0.3 is 5.97 Å². The Balaban J connectivity index is 1.70. The minimum absolute atomic E-state index is 0.0290. The molecular weight excluding hydrogens is 470 g/mol. The zero-order valence-corrected chi connectivity index (χ0v) is 18.1. The number of nitrogens with zero attached hydrogens (tertiary/aromatic N) is 1. The Bertz CT molecular complexity index is 1110. The van der Waals surface area contributed by atoms with Crippen molar-refractivity contribution >= 4 is 64.5 Å². The molecule has 0 unspecified atom stereocenters. The van der Waals surface area contributed by atoms with Crippen molar-refractivity contribution in [2.45, 2.75) is 0 Å². The van der Waals surface area contributed by atoms with Crippen LogP contribution in [0.3, 0.4) is 0 Å². The molecular formula is C21H12Cl4N2O3. The van der Waals surface area contributed by atoms with Crippen LogP contribution in [0.15, 0.2) is 65.8 Å². The fourth-order valence-corrected chi connectivity index (χ4v) is 3.45. The summed E-state index contributed by atoms with van der Waals surface area (Å²) in [6, 6.07) is 15.9. The number of hydrazone groups is 1. The van der Waals surface area contributed by atoms with Gasteiger partial charge in [0.15, 0.2) is 5.75 Å². The molecule has 0 atom stereocenters. The van der Waals surface area contributed by atoms with Gasteiger partial charge < -0.3 is 4.74 Å². The first-order valence-electron chi connectivity index (χ1n) is 8.40. The van der Waals surface area contributed by atoms with E-state index in [1.165, 1.54) is 30.5 Å². The van der Waals surface area contributed by atoms with Crippen molar-refractivity contribution in [1.29, 1.82) is 0 Å². The standard InChI is InChI=1S/C21H12Cl4N2O3/c22-14-6-7-15(16(23)10-14)20(28)27-26-11-12-8-17(24)19(18(25)9-12)30-21(29)13-4-2-1-3-5-13/h1-11H,(H,27,28)/b26-11-. The highest BCUT2D eigenvalue weighted by molar-refractivity contribution is 6.38. The van der Waals surface area contributed by atoms with Crippen molar-refractivity contribution < 1.29 is 14.3 Å². The molecule has 0 saturated heterocycles. The molecule has 0 aliphatic carbocycles. The van der Waals surface area contributed by atoms with Gasteiger partial charge in [0, 0.05) is 5.02 Å². The Kier molecular flexibility index (Phi) is 7.34. The molecule has 1 N–H and O–H groups in total. The SMILES string of the molecule is O=C(Oc1c(Cl)cc(/C=N\NC(=O)c2ccc(Cl)cc2Cl)cc1Cl)c1ccccc1. The number of ether oxygens (including phenoxy) is 1. The zero-order chi connectivity index (χ0) is 21.7. The van der Waals surface area contributed by atoms with Gasteiger partial charge in [-0.15, -0.1) is 0 Å². The van der Waals surface area contributed by atoms with Gasteiger partial charge in [0.1, 0.15) is 0 Å². The molecule has 152 valence electrons. The molecule has 5 nitrogen and oxygen atoms in total. The number of carbonyl (C=O) groups excluding carboxylic acids is 2. The van der Waals surface area contributed by atoms with Crippen LogP contribution in [0.25, 0.3) is 0 Å². The number of halogens is 4. The van der Waals surface area contributed by atoms with E-state index >= 15 is 0 Å². The highest BCUT2D eigenvalue weighted by Crippen LogP contribution is 2.34.